The van der Waals surface area contributed by atoms with E-state index in [1.165, 1.54) is 17.7 Å². The maximum atomic E-state index is 12.9. The van der Waals surface area contributed by atoms with Crippen molar-refractivity contribution in [3.05, 3.63) is 59.9 Å². The van der Waals surface area contributed by atoms with E-state index in [9.17, 15) is 17.6 Å². The minimum Gasteiger partial charge on any atom is -0.326 e. The molecule has 26 heavy (non-hydrogen) atoms. The number of carbonyl (C=O) groups excluding carboxylic acids is 1. The monoisotopic (exact) mass is 378 g/mol. The number of hydrogen-bond donors (Lipinski definition) is 2. The number of anilines is 1. The van der Waals surface area contributed by atoms with E-state index in [4.69, 9.17) is 0 Å². The molecule has 0 atom stereocenters. The Labute approximate surface area is 153 Å². The minimum atomic E-state index is -3.69. The molecule has 0 fully saturated rings. The lowest BCUT2D eigenvalue weighted by Gasteiger charge is -2.08. The summed E-state index contributed by atoms with van der Waals surface area (Å²) in [4.78, 5) is 11.9. The van der Waals surface area contributed by atoms with Crippen molar-refractivity contribution in [2.24, 2.45) is 0 Å². The third-order valence-corrected chi connectivity index (χ3v) is 5.25. The first-order valence-corrected chi connectivity index (χ1v) is 10.0. The van der Waals surface area contributed by atoms with E-state index in [1.54, 1.807) is 0 Å². The highest BCUT2D eigenvalue weighted by molar-refractivity contribution is 7.89. The van der Waals surface area contributed by atoms with Gasteiger partial charge in [-0.3, -0.25) is 4.79 Å². The third kappa shape index (κ3) is 6.24. The van der Waals surface area contributed by atoms with Crippen molar-refractivity contribution in [2.45, 2.75) is 37.5 Å². The molecule has 0 aromatic heterocycles. The average molecular weight is 378 g/mol. The lowest BCUT2D eigenvalue weighted by molar-refractivity contribution is -0.116. The first-order valence-electron chi connectivity index (χ1n) is 8.55. The molecule has 0 spiro atoms. The molecular formula is C19H23FN2O3S. The number of halogens is 1. The summed E-state index contributed by atoms with van der Waals surface area (Å²) in [6.07, 6.45) is 2.63. The Balaban J connectivity index is 1.75. The lowest BCUT2D eigenvalue weighted by atomic mass is 10.1. The first kappa shape index (κ1) is 20.1. The fraction of sp³-hybridized carbons (Fsp3) is 0.316. The van der Waals surface area contributed by atoms with Crippen LogP contribution in [0.25, 0.3) is 0 Å². The van der Waals surface area contributed by atoms with Crippen molar-refractivity contribution in [2.75, 3.05) is 11.9 Å². The van der Waals surface area contributed by atoms with E-state index in [0.717, 1.165) is 30.7 Å². The second-order valence-corrected chi connectivity index (χ2v) is 7.72. The quantitative estimate of drug-likeness (QED) is 0.656. The van der Waals surface area contributed by atoms with E-state index in [-0.39, 0.29) is 23.8 Å². The van der Waals surface area contributed by atoms with Crippen LogP contribution in [0.15, 0.2) is 53.4 Å². The first-order chi connectivity index (χ1) is 12.4. The van der Waals surface area contributed by atoms with Gasteiger partial charge in [0.1, 0.15) is 5.82 Å². The summed E-state index contributed by atoms with van der Waals surface area (Å²) in [6.45, 7) is 2.24. The van der Waals surface area contributed by atoms with Crippen molar-refractivity contribution in [1.29, 1.82) is 0 Å². The van der Waals surface area contributed by atoms with E-state index < -0.39 is 15.8 Å². The number of rotatable bonds is 9. The Morgan fingerprint density at radius 3 is 2.31 bits per heavy atom. The molecule has 0 bridgehead atoms. The van der Waals surface area contributed by atoms with Gasteiger partial charge in [-0.05, 0) is 54.8 Å². The molecule has 2 aromatic carbocycles. The topological polar surface area (TPSA) is 75.3 Å². The number of benzene rings is 2. The largest absolute Gasteiger partial charge is 0.326 e. The second-order valence-electron chi connectivity index (χ2n) is 5.95. The zero-order valence-corrected chi connectivity index (χ0v) is 15.5. The molecule has 0 unspecified atom stereocenters. The van der Waals surface area contributed by atoms with Gasteiger partial charge < -0.3 is 5.32 Å². The fourth-order valence-corrected chi connectivity index (χ4v) is 3.49. The molecule has 0 saturated heterocycles. The Bertz CT molecular complexity index is 819. The summed E-state index contributed by atoms with van der Waals surface area (Å²) in [5.74, 6) is -0.669. The fourth-order valence-electron chi connectivity index (χ4n) is 2.42. The molecule has 140 valence electrons. The van der Waals surface area contributed by atoms with Crippen LogP contribution in [0, 0.1) is 5.82 Å². The van der Waals surface area contributed by atoms with Gasteiger partial charge in [-0.1, -0.05) is 25.5 Å². The highest BCUT2D eigenvalue weighted by Crippen LogP contribution is 2.12. The standard InChI is InChI=1S/C19H23FN2O3S/c1-2-4-15-6-10-17(11-7-15)22-19(23)5-3-14-21-26(24,25)18-12-8-16(20)9-13-18/h6-13,21H,2-5,14H2,1H3,(H,22,23). The molecular weight excluding hydrogens is 355 g/mol. The van der Waals surface area contributed by atoms with Crippen LogP contribution in [0.3, 0.4) is 0 Å². The summed E-state index contributed by atoms with van der Waals surface area (Å²) in [6, 6.07) is 12.3. The van der Waals surface area contributed by atoms with Crippen LogP contribution in [0.5, 0.6) is 0 Å². The Morgan fingerprint density at radius 1 is 1.04 bits per heavy atom. The van der Waals surface area contributed by atoms with Crippen LogP contribution in [0.1, 0.15) is 31.7 Å². The van der Waals surface area contributed by atoms with Crippen LogP contribution in [0.4, 0.5) is 10.1 Å². The number of aryl methyl sites for hydroxylation is 1. The van der Waals surface area contributed by atoms with Crippen LogP contribution < -0.4 is 10.0 Å². The van der Waals surface area contributed by atoms with Crippen molar-refractivity contribution in [3.8, 4) is 0 Å². The predicted octanol–water partition coefficient (Wildman–Crippen LogP) is 3.48. The minimum absolute atomic E-state index is 0.00415. The highest BCUT2D eigenvalue weighted by atomic mass is 32.2. The molecule has 0 heterocycles. The van der Waals surface area contributed by atoms with Gasteiger partial charge in [-0.25, -0.2) is 17.5 Å². The molecule has 2 N–H and O–H groups in total. The average Bonchev–Trinajstić information content (AvgIpc) is 2.61. The van der Waals surface area contributed by atoms with Gasteiger partial charge in [-0.2, -0.15) is 0 Å². The van der Waals surface area contributed by atoms with E-state index in [2.05, 4.69) is 17.0 Å². The van der Waals surface area contributed by atoms with Crippen molar-refractivity contribution in [3.63, 3.8) is 0 Å². The van der Waals surface area contributed by atoms with Crippen molar-refractivity contribution < 1.29 is 17.6 Å². The summed E-state index contributed by atoms with van der Waals surface area (Å²) in [7, 11) is -3.69. The van der Waals surface area contributed by atoms with Gasteiger partial charge in [-0.15, -0.1) is 0 Å². The molecule has 0 radical (unpaired) electrons. The van der Waals surface area contributed by atoms with Crippen LogP contribution >= 0.6 is 0 Å². The SMILES string of the molecule is CCCc1ccc(NC(=O)CCCNS(=O)(=O)c2ccc(F)cc2)cc1. The van der Waals surface area contributed by atoms with E-state index >= 15 is 0 Å². The number of amides is 1. The second kappa shape index (κ2) is 9.45. The molecule has 1 amide bonds. The number of nitrogens with one attached hydrogen (secondary N) is 2. The van der Waals surface area contributed by atoms with Gasteiger partial charge in [0.15, 0.2) is 0 Å². The van der Waals surface area contributed by atoms with Gasteiger partial charge in [0.05, 0.1) is 4.90 Å². The zero-order chi connectivity index (χ0) is 19.0. The number of carbonyl (C=O) groups is 1. The van der Waals surface area contributed by atoms with Gasteiger partial charge in [0.2, 0.25) is 15.9 Å². The Morgan fingerprint density at radius 2 is 1.69 bits per heavy atom. The van der Waals surface area contributed by atoms with Crippen LogP contribution in [-0.2, 0) is 21.2 Å². The zero-order valence-electron chi connectivity index (χ0n) is 14.7. The summed E-state index contributed by atoms with van der Waals surface area (Å²) < 4.78 is 39.3. The molecule has 5 nitrogen and oxygen atoms in total. The molecule has 2 rings (SSSR count). The van der Waals surface area contributed by atoms with Crippen LogP contribution in [0.2, 0.25) is 0 Å². The molecule has 0 aliphatic rings. The summed E-state index contributed by atoms with van der Waals surface area (Å²) >= 11 is 0. The Kier molecular flexibility index (Phi) is 7.29. The Hall–Kier alpha value is -2.25. The maximum Gasteiger partial charge on any atom is 0.240 e. The van der Waals surface area contributed by atoms with Gasteiger partial charge in [0, 0.05) is 18.7 Å². The molecule has 7 heteroatoms. The van der Waals surface area contributed by atoms with Gasteiger partial charge in [0.25, 0.3) is 0 Å². The predicted molar refractivity (Wildman–Crippen MR) is 99.9 cm³/mol. The van der Waals surface area contributed by atoms with Crippen molar-refractivity contribution >= 4 is 21.6 Å². The molecule has 0 aliphatic heterocycles. The number of sulfonamides is 1. The molecule has 2 aromatic rings. The van der Waals surface area contributed by atoms with Crippen LogP contribution in [-0.4, -0.2) is 20.9 Å². The summed E-state index contributed by atoms with van der Waals surface area (Å²) in [5, 5.41) is 2.79. The third-order valence-electron chi connectivity index (χ3n) is 3.77. The number of hydrogen-bond acceptors (Lipinski definition) is 3. The van der Waals surface area contributed by atoms with E-state index in [1.807, 2.05) is 24.3 Å². The summed E-state index contributed by atoms with van der Waals surface area (Å²) in [5.41, 5.74) is 1.95. The van der Waals surface area contributed by atoms with Gasteiger partial charge >= 0.3 is 0 Å². The lowest BCUT2D eigenvalue weighted by Crippen LogP contribution is -2.25. The van der Waals surface area contributed by atoms with E-state index in [0.29, 0.717) is 6.42 Å². The van der Waals surface area contributed by atoms with Crippen molar-refractivity contribution in [1.82, 2.24) is 4.72 Å². The smallest absolute Gasteiger partial charge is 0.240 e. The molecule has 0 saturated carbocycles. The maximum absolute atomic E-state index is 12.9. The normalized spacial score (nSPS) is 11.3. The molecule has 0 aliphatic carbocycles. The highest BCUT2D eigenvalue weighted by Gasteiger charge is 2.13.